The highest BCUT2D eigenvalue weighted by molar-refractivity contribution is 5.71. The summed E-state index contributed by atoms with van der Waals surface area (Å²) in [4.78, 5) is 11.5. The van der Waals surface area contributed by atoms with E-state index in [4.69, 9.17) is 47.4 Å². The fraction of sp³-hybridized carbons (Fsp3) is 0.967. The number of hydrogen-bond acceptors (Lipinski definition) is 11. The van der Waals surface area contributed by atoms with Crippen molar-refractivity contribution in [3.05, 3.63) is 0 Å². The van der Waals surface area contributed by atoms with Gasteiger partial charge in [-0.15, -0.1) is 0 Å². The predicted octanol–water partition coefficient (Wildman–Crippen LogP) is 3.84. The van der Waals surface area contributed by atoms with Crippen molar-refractivity contribution in [2.45, 2.75) is 71.8 Å². The number of unbranched alkanes of at least 4 members (excludes halogenated alkanes) is 5. The third-order valence-electron chi connectivity index (χ3n) is 5.26. The van der Waals surface area contributed by atoms with Gasteiger partial charge in [0.1, 0.15) is 12.2 Å². The molecule has 0 bridgehead atoms. The minimum atomic E-state index is -0.504. The zero-order valence-corrected chi connectivity index (χ0v) is 26.5. The van der Waals surface area contributed by atoms with Crippen LogP contribution in [0.3, 0.4) is 0 Å². The van der Waals surface area contributed by atoms with Gasteiger partial charge in [0.05, 0.1) is 106 Å². The van der Waals surface area contributed by atoms with Gasteiger partial charge in [-0.05, 0) is 27.2 Å². The average molecular weight is 597 g/mol. The topological polar surface area (TPSA) is 109 Å². The minimum absolute atomic E-state index is 0.0765. The molecule has 0 spiro atoms. The summed E-state index contributed by atoms with van der Waals surface area (Å²) in [6.45, 7) is 16.5. The van der Waals surface area contributed by atoms with Crippen molar-refractivity contribution in [2.24, 2.45) is 0 Å². The van der Waals surface area contributed by atoms with E-state index in [1.807, 2.05) is 20.8 Å². The summed E-state index contributed by atoms with van der Waals surface area (Å²) in [5, 5.41) is 0. The summed E-state index contributed by atoms with van der Waals surface area (Å²) in [6.07, 6.45) is 7.67. The van der Waals surface area contributed by atoms with Crippen molar-refractivity contribution in [1.82, 2.24) is 0 Å². The van der Waals surface area contributed by atoms with E-state index in [0.717, 1.165) is 13.0 Å². The molecule has 0 aliphatic carbocycles. The molecular formula is C30H60O11. The fourth-order valence-electron chi connectivity index (χ4n) is 3.27. The maximum absolute atomic E-state index is 11.5. The molecule has 0 aromatic rings. The largest absolute Gasteiger partial charge is 0.458 e. The van der Waals surface area contributed by atoms with Crippen LogP contribution >= 0.6 is 0 Å². The van der Waals surface area contributed by atoms with Gasteiger partial charge in [-0.3, -0.25) is 0 Å². The Hall–Kier alpha value is -0.890. The van der Waals surface area contributed by atoms with E-state index in [1.54, 1.807) is 0 Å². The molecule has 11 heteroatoms. The Morgan fingerprint density at radius 3 is 1.05 bits per heavy atom. The lowest BCUT2D eigenvalue weighted by Crippen LogP contribution is -2.27. The van der Waals surface area contributed by atoms with Crippen LogP contribution in [0.25, 0.3) is 0 Å². The molecule has 0 aliphatic rings. The first kappa shape index (κ1) is 40.1. The van der Waals surface area contributed by atoms with Crippen LogP contribution in [0.5, 0.6) is 0 Å². The molecule has 0 aromatic heterocycles. The molecule has 41 heavy (non-hydrogen) atoms. The van der Waals surface area contributed by atoms with Crippen LogP contribution in [-0.2, 0) is 52.2 Å². The van der Waals surface area contributed by atoms with Gasteiger partial charge in [0.15, 0.2) is 0 Å². The van der Waals surface area contributed by atoms with Gasteiger partial charge in [0.2, 0.25) is 0 Å². The molecule has 246 valence electrons. The Balaban J connectivity index is 3.09. The maximum atomic E-state index is 11.5. The van der Waals surface area contributed by atoms with E-state index in [2.05, 4.69) is 6.92 Å². The first-order chi connectivity index (χ1) is 20.0. The van der Waals surface area contributed by atoms with Crippen LogP contribution in [0.4, 0.5) is 0 Å². The highest BCUT2D eigenvalue weighted by Gasteiger charge is 2.15. The van der Waals surface area contributed by atoms with E-state index >= 15 is 0 Å². The van der Waals surface area contributed by atoms with Crippen molar-refractivity contribution in [3.63, 3.8) is 0 Å². The second-order valence-electron chi connectivity index (χ2n) is 10.3. The van der Waals surface area contributed by atoms with Gasteiger partial charge in [0.25, 0.3) is 0 Å². The zero-order chi connectivity index (χ0) is 30.1. The SMILES string of the molecule is CCCCCCCCOCCOCCOCCOCCOCCOCCOCCOCCOCC(=O)OC(C)(C)C. The Kier molecular flexibility index (Phi) is 31.3. The molecule has 0 N–H and O–H groups in total. The van der Waals surface area contributed by atoms with Gasteiger partial charge in [-0.25, -0.2) is 4.79 Å². The zero-order valence-electron chi connectivity index (χ0n) is 26.5. The standard InChI is InChI=1S/C30H60O11/c1-5-6-7-8-9-10-11-32-12-13-33-14-15-34-16-17-35-18-19-36-20-21-37-22-23-38-24-25-39-26-27-40-28-29(31)41-30(2,3)4/h5-28H2,1-4H3. The quantitative estimate of drug-likeness (QED) is 0.0814. The summed E-state index contributed by atoms with van der Waals surface area (Å²) in [7, 11) is 0. The number of hydrogen-bond donors (Lipinski definition) is 0. The molecule has 0 saturated carbocycles. The number of ether oxygens (including phenoxy) is 10. The van der Waals surface area contributed by atoms with E-state index in [1.165, 1.54) is 32.1 Å². The van der Waals surface area contributed by atoms with Crippen molar-refractivity contribution in [1.29, 1.82) is 0 Å². The highest BCUT2D eigenvalue weighted by atomic mass is 16.6. The van der Waals surface area contributed by atoms with Crippen molar-refractivity contribution in [2.75, 3.05) is 119 Å². The second-order valence-corrected chi connectivity index (χ2v) is 10.3. The molecule has 0 aliphatic heterocycles. The van der Waals surface area contributed by atoms with Gasteiger partial charge in [0, 0.05) is 6.61 Å². The van der Waals surface area contributed by atoms with E-state index < -0.39 is 5.60 Å². The number of rotatable bonds is 33. The van der Waals surface area contributed by atoms with Crippen LogP contribution in [0, 0.1) is 0 Å². The summed E-state index contributed by atoms with van der Waals surface area (Å²) in [5.74, 6) is -0.381. The third kappa shape index (κ3) is 37.1. The number of carbonyl (C=O) groups excluding carboxylic acids is 1. The molecule has 0 saturated heterocycles. The molecule has 0 fully saturated rings. The molecule has 0 unspecified atom stereocenters. The van der Waals surface area contributed by atoms with Crippen LogP contribution in [0.2, 0.25) is 0 Å². The molecule has 0 amide bonds. The molecule has 0 aromatic carbocycles. The van der Waals surface area contributed by atoms with Crippen molar-refractivity contribution in [3.8, 4) is 0 Å². The number of esters is 1. The van der Waals surface area contributed by atoms with Crippen LogP contribution in [0.15, 0.2) is 0 Å². The fourth-order valence-corrected chi connectivity index (χ4v) is 3.27. The minimum Gasteiger partial charge on any atom is -0.458 e. The van der Waals surface area contributed by atoms with Crippen molar-refractivity contribution < 1.29 is 52.2 Å². The van der Waals surface area contributed by atoms with Gasteiger partial charge in [-0.1, -0.05) is 39.0 Å². The molecule has 11 nitrogen and oxygen atoms in total. The smallest absolute Gasteiger partial charge is 0.332 e. The average Bonchev–Trinajstić information content (AvgIpc) is 2.92. The summed E-state index contributed by atoms with van der Waals surface area (Å²) in [5.41, 5.74) is -0.504. The van der Waals surface area contributed by atoms with Crippen LogP contribution in [0.1, 0.15) is 66.2 Å². The monoisotopic (exact) mass is 596 g/mol. The maximum Gasteiger partial charge on any atom is 0.332 e. The molecule has 0 rings (SSSR count). The van der Waals surface area contributed by atoms with Crippen LogP contribution < -0.4 is 0 Å². The first-order valence-electron chi connectivity index (χ1n) is 15.4. The van der Waals surface area contributed by atoms with Gasteiger partial charge < -0.3 is 47.4 Å². The Bertz CT molecular complexity index is 529. The molecule has 0 atom stereocenters. The van der Waals surface area contributed by atoms with Gasteiger partial charge in [-0.2, -0.15) is 0 Å². The van der Waals surface area contributed by atoms with Crippen molar-refractivity contribution >= 4 is 5.97 Å². The normalized spacial score (nSPS) is 11.8. The molecular weight excluding hydrogens is 536 g/mol. The summed E-state index contributed by atoms with van der Waals surface area (Å²) < 4.78 is 54.1. The first-order valence-corrected chi connectivity index (χ1v) is 15.4. The highest BCUT2D eigenvalue weighted by Crippen LogP contribution is 2.07. The third-order valence-corrected chi connectivity index (χ3v) is 5.26. The van der Waals surface area contributed by atoms with E-state index in [9.17, 15) is 4.79 Å². The lowest BCUT2D eigenvalue weighted by atomic mass is 10.1. The molecule has 0 heterocycles. The summed E-state index contributed by atoms with van der Waals surface area (Å²) in [6, 6.07) is 0. The lowest BCUT2D eigenvalue weighted by molar-refractivity contribution is -0.160. The Morgan fingerprint density at radius 1 is 0.415 bits per heavy atom. The van der Waals surface area contributed by atoms with Gasteiger partial charge >= 0.3 is 5.97 Å². The Labute approximate surface area is 249 Å². The summed E-state index contributed by atoms with van der Waals surface area (Å²) >= 11 is 0. The predicted molar refractivity (Wildman–Crippen MR) is 157 cm³/mol. The molecule has 0 radical (unpaired) electrons. The number of carbonyl (C=O) groups is 1. The lowest BCUT2D eigenvalue weighted by Gasteiger charge is -2.19. The second kappa shape index (κ2) is 32.0. The van der Waals surface area contributed by atoms with Crippen LogP contribution in [-0.4, -0.2) is 130 Å². The van der Waals surface area contributed by atoms with E-state index in [-0.39, 0.29) is 12.6 Å². The Morgan fingerprint density at radius 2 is 0.707 bits per heavy atom. The van der Waals surface area contributed by atoms with E-state index in [0.29, 0.717) is 106 Å².